The maximum atomic E-state index is 6.29. The van der Waals surface area contributed by atoms with E-state index in [1.165, 1.54) is 5.56 Å². The number of hydrogen-bond acceptors (Lipinski definition) is 4. The first-order valence-corrected chi connectivity index (χ1v) is 11.0. The van der Waals surface area contributed by atoms with Crippen molar-refractivity contribution in [2.45, 2.75) is 25.8 Å². The third-order valence-electron chi connectivity index (χ3n) is 5.60. The van der Waals surface area contributed by atoms with Crippen molar-refractivity contribution in [3.63, 3.8) is 0 Å². The first-order valence-electron chi connectivity index (χ1n) is 10.6. The van der Waals surface area contributed by atoms with Gasteiger partial charge in [-0.15, -0.1) is 24.0 Å². The minimum Gasteiger partial charge on any atom is -0.490 e. The summed E-state index contributed by atoms with van der Waals surface area (Å²) in [4.78, 5) is 7.03. The lowest BCUT2D eigenvalue weighted by Crippen LogP contribution is -2.34. The van der Waals surface area contributed by atoms with Gasteiger partial charge in [0.1, 0.15) is 0 Å². The average Bonchev–Trinajstić information content (AvgIpc) is 3.00. The molecule has 0 aliphatic carbocycles. The zero-order chi connectivity index (χ0) is 20.8. The Morgan fingerprint density at radius 3 is 2.61 bits per heavy atom. The smallest absolute Gasteiger partial charge is 0.193 e. The molecule has 2 aliphatic heterocycles. The first kappa shape index (κ1) is 23.9. The molecule has 0 saturated carbocycles. The number of rotatable bonds is 5. The summed E-state index contributed by atoms with van der Waals surface area (Å²) in [6.45, 7) is 5.10. The van der Waals surface area contributed by atoms with Crippen LogP contribution in [-0.4, -0.2) is 43.7 Å². The van der Waals surface area contributed by atoms with Gasteiger partial charge in [-0.3, -0.25) is 9.89 Å². The molecule has 3 N–H and O–H groups in total. The highest BCUT2D eigenvalue weighted by Crippen LogP contribution is 2.32. The number of piperidine rings is 1. The lowest BCUT2D eigenvalue weighted by atomic mass is 9.96. The second kappa shape index (κ2) is 11.8. The van der Waals surface area contributed by atoms with E-state index in [4.69, 9.17) is 26.8 Å². The van der Waals surface area contributed by atoms with Gasteiger partial charge in [-0.25, -0.2) is 0 Å². The SMILES string of the molecule is I.NC(=NCC1CCN(Cc2ccccc2Cl)CC1)Nc1ccc2c(c1)OCCCO2. The number of hydrogen-bond donors (Lipinski definition) is 2. The Morgan fingerprint density at radius 2 is 1.84 bits per heavy atom. The number of fused-ring (bicyclic) bond motifs is 1. The molecule has 31 heavy (non-hydrogen) atoms. The molecule has 2 heterocycles. The first-order chi connectivity index (χ1) is 14.7. The molecule has 1 fully saturated rings. The molecular formula is C23H30ClIN4O2. The van der Waals surface area contributed by atoms with E-state index in [1.54, 1.807) is 0 Å². The minimum atomic E-state index is 0. The fourth-order valence-corrected chi connectivity index (χ4v) is 4.05. The Morgan fingerprint density at radius 1 is 1.10 bits per heavy atom. The molecule has 1 saturated heterocycles. The Bertz CT molecular complexity index is 888. The summed E-state index contributed by atoms with van der Waals surface area (Å²) in [5.41, 5.74) is 8.17. The molecule has 6 nitrogen and oxygen atoms in total. The van der Waals surface area contributed by atoms with E-state index in [1.807, 2.05) is 36.4 Å². The van der Waals surface area contributed by atoms with E-state index in [2.05, 4.69) is 21.3 Å². The Labute approximate surface area is 206 Å². The van der Waals surface area contributed by atoms with Crippen molar-refractivity contribution in [3.8, 4) is 11.5 Å². The molecule has 0 unspecified atom stereocenters. The molecular weight excluding hydrogens is 527 g/mol. The van der Waals surface area contributed by atoms with Crippen molar-refractivity contribution in [2.75, 3.05) is 38.2 Å². The highest BCUT2D eigenvalue weighted by atomic mass is 127. The summed E-state index contributed by atoms with van der Waals surface area (Å²) in [6, 6.07) is 13.8. The number of likely N-dealkylation sites (tertiary alicyclic amines) is 1. The lowest BCUT2D eigenvalue weighted by Gasteiger charge is -2.31. The maximum absolute atomic E-state index is 6.29. The molecule has 168 valence electrons. The standard InChI is InChI=1S/C23H29ClN4O2.HI/c24-20-5-2-1-4-18(20)16-28-10-8-17(9-11-28)15-26-23(25)27-19-6-7-21-22(14-19)30-13-3-12-29-21;/h1-2,4-7,14,17H,3,8-13,15-16H2,(H3,25,26,27);1H. The number of halogens is 2. The van der Waals surface area contributed by atoms with Crippen LogP contribution >= 0.6 is 35.6 Å². The molecule has 0 bridgehead atoms. The lowest BCUT2D eigenvalue weighted by molar-refractivity contribution is 0.180. The third-order valence-corrected chi connectivity index (χ3v) is 5.97. The van der Waals surface area contributed by atoms with Crippen LogP contribution < -0.4 is 20.5 Å². The fraction of sp³-hybridized carbons (Fsp3) is 0.435. The number of ether oxygens (including phenoxy) is 2. The van der Waals surface area contributed by atoms with Crippen LogP contribution in [0.2, 0.25) is 5.02 Å². The number of benzene rings is 2. The monoisotopic (exact) mass is 556 g/mol. The maximum Gasteiger partial charge on any atom is 0.193 e. The zero-order valence-electron chi connectivity index (χ0n) is 17.6. The molecule has 2 aliphatic rings. The molecule has 8 heteroatoms. The topological polar surface area (TPSA) is 72.1 Å². The molecule has 0 atom stereocenters. The predicted octanol–water partition coefficient (Wildman–Crippen LogP) is 4.76. The second-order valence-electron chi connectivity index (χ2n) is 7.87. The number of nitrogens with two attached hydrogens (primary N) is 1. The van der Waals surface area contributed by atoms with Crippen LogP contribution in [0, 0.1) is 5.92 Å². The van der Waals surface area contributed by atoms with Gasteiger partial charge in [-0.2, -0.15) is 0 Å². The van der Waals surface area contributed by atoms with Gasteiger partial charge in [0, 0.05) is 36.3 Å². The fourth-order valence-electron chi connectivity index (χ4n) is 3.85. The normalized spacial score (nSPS) is 17.5. The van der Waals surface area contributed by atoms with Crippen LogP contribution in [0.25, 0.3) is 0 Å². The van der Waals surface area contributed by atoms with Gasteiger partial charge < -0.3 is 20.5 Å². The van der Waals surface area contributed by atoms with Crippen molar-refractivity contribution in [3.05, 3.63) is 53.1 Å². The van der Waals surface area contributed by atoms with Gasteiger partial charge in [0.15, 0.2) is 17.5 Å². The molecule has 0 amide bonds. The summed E-state index contributed by atoms with van der Waals surface area (Å²) in [5, 5.41) is 4.01. The number of nitrogens with zero attached hydrogens (tertiary/aromatic N) is 2. The molecule has 0 spiro atoms. The summed E-state index contributed by atoms with van der Waals surface area (Å²) in [6.07, 6.45) is 3.12. The van der Waals surface area contributed by atoms with Crippen LogP contribution in [0.1, 0.15) is 24.8 Å². The van der Waals surface area contributed by atoms with Crippen molar-refractivity contribution in [1.29, 1.82) is 0 Å². The van der Waals surface area contributed by atoms with E-state index in [9.17, 15) is 0 Å². The van der Waals surface area contributed by atoms with E-state index in [-0.39, 0.29) is 24.0 Å². The van der Waals surface area contributed by atoms with Crippen molar-refractivity contribution < 1.29 is 9.47 Å². The van der Waals surface area contributed by atoms with Gasteiger partial charge in [0.25, 0.3) is 0 Å². The minimum absolute atomic E-state index is 0. The molecule has 4 rings (SSSR count). The number of nitrogens with one attached hydrogen (secondary N) is 1. The van der Waals surface area contributed by atoms with Crippen LogP contribution in [0.3, 0.4) is 0 Å². The molecule has 0 radical (unpaired) electrons. The highest BCUT2D eigenvalue weighted by Gasteiger charge is 2.19. The van der Waals surface area contributed by atoms with Gasteiger partial charge in [0.05, 0.1) is 13.2 Å². The van der Waals surface area contributed by atoms with E-state index in [0.717, 1.165) is 67.7 Å². The Balaban J connectivity index is 0.00000272. The van der Waals surface area contributed by atoms with Crippen LogP contribution in [0.4, 0.5) is 5.69 Å². The molecule has 2 aromatic carbocycles. The van der Waals surface area contributed by atoms with Crippen LogP contribution in [0.15, 0.2) is 47.5 Å². The van der Waals surface area contributed by atoms with Gasteiger partial charge in [-0.1, -0.05) is 29.8 Å². The zero-order valence-corrected chi connectivity index (χ0v) is 20.6. The van der Waals surface area contributed by atoms with Crippen LogP contribution in [-0.2, 0) is 6.54 Å². The van der Waals surface area contributed by atoms with Gasteiger partial charge in [0.2, 0.25) is 0 Å². The van der Waals surface area contributed by atoms with Crippen molar-refractivity contribution in [2.24, 2.45) is 16.6 Å². The van der Waals surface area contributed by atoms with Gasteiger partial charge >= 0.3 is 0 Å². The summed E-state index contributed by atoms with van der Waals surface area (Å²) >= 11 is 6.29. The van der Waals surface area contributed by atoms with Crippen molar-refractivity contribution >= 4 is 47.2 Å². The highest BCUT2D eigenvalue weighted by molar-refractivity contribution is 14.0. The molecule has 2 aromatic rings. The number of anilines is 1. The quantitative estimate of drug-likeness (QED) is 0.316. The van der Waals surface area contributed by atoms with E-state index >= 15 is 0 Å². The summed E-state index contributed by atoms with van der Waals surface area (Å²) in [5.74, 6) is 2.51. The average molecular weight is 557 g/mol. The van der Waals surface area contributed by atoms with E-state index in [0.29, 0.717) is 25.1 Å². The van der Waals surface area contributed by atoms with E-state index < -0.39 is 0 Å². The largest absolute Gasteiger partial charge is 0.490 e. The second-order valence-corrected chi connectivity index (χ2v) is 8.28. The van der Waals surface area contributed by atoms with Crippen molar-refractivity contribution in [1.82, 2.24) is 4.90 Å². The predicted molar refractivity (Wildman–Crippen MR) is 137 cm³/mol. The van der Waals surface area contributed by atoms with Crippen LogP contribution in [0.5, 0.6) is 11.5 Å². The summed E-state index contributed by atoms with van der Waals surface area (Å²) in [7, 11) is 0. The number of aliphatic imine (C=N–C) groups is 1. The summed E-state index contributed by atoms with van der Waals surface area (Å²) < 4.78 is 11.4. The molecule has 0 aromatic heterocycles. The Kier molecular flexibility index (Phi) is 9.10. The Hall–Kier alpha value is -1.71. The third kappa shape index (κ3) is 6.89. The van der Waals surface area contributed by atoms with Gasteiger partial charge in [-0.05, 0) is 55.6 Å². The number of guanidine groups is 1.